The van der Waals surface area contributed by atoms with Gasteiger partial charge in [-0.25, -0.2) is 25.8 Å². The van der Waals surface area contributed by atoms with E-state index in [1.54, 1.807) is 6.07 Å². The van der Waals surface area contributed by atoms with Crippen molar-refractivity contribution in [2.45, 2.75) is 79.2 Å². The van der Waals surface area contributed by atoms with Gasteiger partial charge in [-0.15, -0.1) is 0 Å². The Morgan fingerprint density at radius 3 is 1.94 bits per heavy atom. The first kappa shape index (κ1) is 37.1. The van der Waals surface area contributed by atoms with E-state index in [9.17, 15) is 43.2 Å². The van der Waals surface area contributed by atoms with Crippen LogP contribution in [0.25, 0.3) is 11.0 Å². The topological polar surface area (TPSA) is 92.6 Å². The first-order valence-corrected chi connectivity index (χ1v) is 20.2. The molecular weight excluding hydrogens is 754 g/mol. The minimum atomic E-state index is -4.66. The molecule has 0 bridgehead atoms. The van der Waals surface area contributed by atoms with Crippen LogP contribution in [-0.4, -0.2) is 66.7 Å². The molecule has 0 saturated carbocycles. The van der Waals surface area contributed by atoms with E-state index in [1.165, 1.54) is 16.4 Å². The molecule has 0 amide bonds. The Bertz CT molecular complexity index is 2170. The number of imidazole rings is 1. The summed E-state index contributed by atoms with van der Waals surface area (Å²) >= 11 is 6.24. The van der Waals surface area contributed by atoms with Gasteiger partial charge in [-0.3, -0.25) is 4.90 Å². The van der Waals surface area contributed by atoms with Gasteiger partial charge in [0, 0.05) is 30.1 Å². The number of fused-ring (bicyclic) bond motifs is 1. The molecule has 4 atom stereocenters. The summed E-state index contributed by atoms with van der Waals surface area (Å²) < 4.78 is 139. The van der Waals surface area contributed by atoms with Crippen molar-refractivity contribution >= 4 is 42.7 Å². The van der Waals surface area contributed by atoms with Crippen LogP contribution >= 0.6 is 11.6 Å². The Morgan fingerprint density at radius 1 is 0.769 bits per heavy atom. The number of rotatable bonds is 8. The SMILES string of the molecule is O=S(=O)(c1ccc(C(F)(F)F)cc1)N1C[C@@H]2CCCN3CCC[C@@H]([C@H]23)[C@H]1CCCc1nc2ccc(Cl)cc2n1S(=O)(=O)c1ccc(C(F)(F)F)cc1. The number of hydrogen-bond acceptors (Lipinski definition) is 6. The predicted molar refractivity (Wildman–Crippen MR) is 182 cm³/mol. The van der Waals surface area contributed by atoms with Gasteiger partial charge in [0.25, 0.3) is 10.0 Å². The fourth-order valence-electron chi connectivity index (χ4n) is 8.44. The fraction of sp³-hybridized carbons (Fsp3) is 0.457. The number of alkyl halides is 6. The Labute approximate surface area is 302 Å². The third kappa shape index (κ3) is 6.85. The van der Waals surface area contributed by atoms with E-state index >= 15 is 0 Å². The normalized spacial score (nSPS) is 23.5. The highest BCUT2D eigenvalue weighted by atomic mass is 35.5. The lowest BCUT2D eigenvalue weighted by molar-refractivity contribution is -0.138. The van der Waals surface area contributed by atoms with Crippen molar-refractivity contribution in [1.82, 2.24) is 18.2 Å². The smallest absolute Gasteiger partial charge is 0.300 e. The van der Waals surface area contributed by atoms with E-state index in [0.717, 1.165) is 79.1 Å². The first-order valence-electron chi connectivity index (χ1n) is 17.0. The molecule has 3 fully saturated rings. The molecule has 52 heavy (non-hydrogen) atoms. The number of aromatic nitrogens is 2. The summed E-state index contributed by atoms with van der Waals surface area (Å²) in [5.41, 5.74) is -1.52. The van der Waals surface area contributed by atoms with Gasteiger partial charge in [-0.1, -0.05) is 11.6 Å². The molecule has 4 aromatic rings. The van der Waals surface area contributed by atoms with E-state index in [-0.39, 0.29) is 63.4 Å². The van der Waals surface area contributed by atoms with Gasteiger partial charge >= 0.3 is 12.4 Å². The number of halogens is 7. The summed E-state index contributed by atoms with van der Waals surface area (Å²) in [6.07, 6.45) is -5.24. The monoisotopic (exact) mass is 788 g/mol. The van der Waals surface area contributed by atoms with Gasteiger partial charge < -0.3 is 0 Å². The lowest BCUT2D eigenvalue weighted by Crippen LogP contribution is -2.65. The molecule has 4 heterocycles. The van der Waals surface area contributed by atoms with Gasteiger partial charge in [0.2, 0.25) is 10.0 Å². The van der Waals surface area contributed by atoms with Gasteiger partial charge in [-0.05, 0) is 130 Å². The summed E-state index contributed by atoms with van der Waals surface area (Å²) in [6.45, 7) is 2.03. The van der Waals surface area contributed by atoms with E-state index in [1.807, 2.05) is 0 Å². The van der Waals surface area contributed by atoms with Crippen LogP contribution in [0.1, 0.15) is 55.5 Å². The van der Waals surface area contributed by atoms with Crippen molar-refractivity contribution in [2.24, 2.45) is 11.8 Å². The van der Waals surface area contributed by atoms with Crippen LogP contribution in [-0.2, 0) is 38.8 Å². The second-order valence-corrected chi connectivity index (χ2v) is 17.9. The molecule has 17 heteroatoms. The molecule has 7 rings (SSSR count). The van der Waals surface area contributed by atoms with Crippen LogP contribution in [0, 0.1) is 11.8 Å². The molecule has 1 aromatic heterocycles. The highest BCUT2D eigenvalue weighted by molar-refractivity contribution is 7.90. The molecule has 3 aliphatic rings. The highest BCUT2D eigenvalue weighted by Gasteiger charge is 2.51. The summed E-state index contributed by atoms with van der Waals surface area (Å²) in [5, 5.41) is 0.220. The maximum atomic E-state index is 14.3. The molecule has 0 spiro atoms. The second kappa shape index (κ2) is 13.6. The summed E-state index contributed by atoms with van der Waals surface area (Å²) in [5.74, 6) is 0.110. The summed E-state index contributed by atoms with van der Waals surface area (Å²) in [6, 6.07) is 10.8. The largest absolute Gasteiger partial charge is 0.416 e. The van der Waals surface area contributed by atoms with Crippen LogP contribution in [0.15, 0.2) is 76.5 Å². The minimum absolute atomic E-state index is 0.0504. The van der Waals surface area contributed by atoms with E-state index < -0.39 is 49.6 Å². The van der Waals surface area contributed by atoms with Crippen molar-refractivity contribution in [3.8, 4) is 0 Å². The average Bonchev–Trinajstić information content (AvgIpc) is 3.46. The zero-order valence-corrected chi connectivity index (χ0v) is 30.0. The molecule has 0 radical (unpaired) electrons. The van der Waals surface area contributed by atoms with Gasteiger partial charge in [0.15, 0.2) is 0 Å². The molecule has 3 saturated heterocycles. The van der Waals surface area contributed by atoms with Crippen LogP contribution in [0.5, 0.6) is 0 Å². The van der Waals surface area contributed by atoms with Crippen molar-refractivity contribution in [1.29, 1.82) is 0 Å². The maximum Gasteiger partial charge on any atom is 0.416 e. The van der Waals surface area contributed by atoms with Crippen molar-refractivity contribution in [2.75, 3.05) is 19.6 Å². The van der Waals surface area contributed by atoms with Crippen molar-refractivity contribution < 1.29 is 43.2 Å². The highest BCUT2D eigenvalue weighted by Crippen LogP contribution is 2.45. The van der Waals surface area contributed by atoms with E-state index in [2.05, 4.69) is 9.88 Å². The van der Waals surface area contributed by atoms with Gasteiger partial charge in [0.05, 0.1) is 32.0 Å². The Kier molecular flexibility index (Phi) is 9.71. The molecule has 3 aromatic carbocycles. The number of piperidine rings is 3. The van der Waals surface area contributed by atoms with Gasteiger partial charge in [0.1, 0.15) is 5.82 Å². The van der Waals surface area contributed by atoms with Crippen LogP contribution in [0.2, 0.25) is 5.02 Å². The van der Waals surface area contributed by atoms with Crippen LogP contribution < -0.4 is 0 Å². The number of sulfonamides is 1. The van der Waals surface area contributed by atoms with Crippen LogP contribution in [0.4, 0.5) is 26.3 Å². The Hall–Kier alpha value is -3.18. The molecular formula is C35H35ClF6N4O4S2. The number of benzene rings is 3. The lowest BCUT2D eigenvalue weighted by Gasteiger charge is -2.57. The molecule has 3 aliphatic heterocycles. The number of nitrogens with zero attached hydrogens (tertiary/aromatic N) is 4. The summed E-state index contributed by atoms with van der Waals surface area (Å²) in [4.78, 5) is 6.39. The fourth-order valence-corrected chi connectivity index (χ4v) is 11.9. The standard InChI is InChI=1S/C35H35ClF6N4O4S2/c36-25-12-17-29-31(20-25)46(52(49,50)27-15-10-24(11-16-27)35(40,41)42)32(43-29)7-1-6-30-28-5-3-19-44-18-2-4-22(33(28)44)21-45(30)51(47,48)26-13-8-23(9-14-26)34(37,38)39/h8-17,20,22,28,30,33H,1-7,18-19,21H2/t22-,28+,30+,33-/m0/s1. The average molecular weight is 789 g/mol. The van der Waals surface area contributed by atoms with Crippen molar-refractivity contribution in [3.05, 3.63) is 88.7 Å². The van der Waals surface area contributed by atoms with Gasteiger partial charge in [-0.2, -0.15) is 30.6 Å². The third-order valence-electron chi connectivity index (χ3n) is 10.7. The second-order valence-electron chi connectivity index (χ2n) is 13.7. The maximum absolute atomic E-state index is 14.3. The van der Waals surface area contributed by atoms with E-state index in [4.69, 9.17) is 11.6 Å². The zero-order chi connectivity index (χ0) is 37.2. The van der Waals surface area contributed by atoms with E-state index in [0.29, 0.717) is 24.1 Å². The molecule has 280 valence electrons. The third-order valence-corrected chi connectivity index (χ3v) is 14.6. The van der Waals surface area contributed by atoms with Crippen LogP contribution in [0.3, 0.4) is 0 Å². The Balaban J connectivity index is 1.22. The first-order chi connectivity index (χ1) is 24.5. The lowest BCUT2D eigenvalue weighted by atomic mass is 9.70. The number of aryl methyl sites for hydroxylation is 1. The molecule has 0 unspecified atom stereocenters. The predicted octanol–water partition coefficient (Wildman–Crippen LogP) is 7.85. The summed E-state index contributed by atoms with van der Waals surface area (Å²) in [7, 11) is -8.69. The molecule has 8 nitrogen and oxygen atoms in total. The molecule has 0 N–H and O–H groups in total. The number of hydrogen-bond donors (Lipinski definition) is 0. The molecule has 0 aliphatic carbocycles. The quantitative estimate of drug-likeness (QED) is 0.169. The minimum Gasteiger partial charge on any atom is -0.300 e. The Morgan fingerprint density at radius 2 is 1.35 bits per heavy atom. The van der Waals surface area contributed by atoms with Crippen molar-refractivity contribution in [3.63, 3.8) is 0 Å². The zero-order valence-electron chi connectivity index (χ0n) is 27.6.